The predicted octanol–water partition coefficient (Wildman–Crippen LogP) is 4.24. The summed E-state index contributed by atoms with van der Waals surface area (Å²) in [5.74, 6) is 0.174. The number of aliphatic carboxylic acids is 1. The van der Waals surface area contributed by atoms with E-state index < -0.39 is 5.97 Å². The van der Waals surface area contributed by atoms with E-state index in [4.69, 9.17) is 5.11 Å². The molecule has 0 aliphatic rings. The van der Waals surface area contributed by atoms with E-state index >= 15 is 0 Å². The first-order valence-electron chi connectivity index (χ1n) is 6.34. The average Bonchev–Trinajstić information content (AvgIpc) is 2.14. The van der Waals surface area contributed by atoms with Crippen LogP contribution in [0.15, 0.2) is 0 Å². The third-order valence-electron chi connectivity index (χ3n) is 2.67. The van der Waals surface area contributed by atoms with Crippen molar-refractivity contribution in [3.8, 4) is 0 Å². The maximum atomic E-state index is 10.2. The molecular weight excluding hydrogens is 254 g/mol. The number of rotatable bonds is 10. The second kappa shape index (κ2) is 13.2. The normalized spacial score (nSPS) is 10.2. The van der Waals surface area contributed by atoms with Gasteiger partial charge in [0.15, 0.2) is 0 Å². The molecule has 16 heavy (non-hydrogen) atoms. The van der Waals surface area contributed by atoms with Gasteiger partial charge in [-0.25, -0.2) is 0 Å². The van der Waals surface area contributed by atoms with Crippen molar-refractivity contribution in [2.75, 3.05) is 0 Å². The van der Waals surface area contributed by atoms with Crippen LogP contribution >= 0.6 is 0 Å². The Hall–Kier alpha value is 0.0934. The van der Waals surface area contributed by atoms with E-state index in [0.717, 1.165) is 18.8 Å². The summed E-state index contributed by atoms with van der Waals surface area (Å²) in [6, 6.07) is 0. The van der Waals surface area contributed by atoms with Gasteiger partial charge in [-0.15, -0.1) is 0 Å². The summed E-state index contributed by atoms with van der Waals surface area (Å²) in [5.41, 5.74) is 0. The Kier molecular flexibility index (Phi) is 15.2. The van der Waals surface area contributed by atoms with Crippen LogP contribution in [-0.2, 0) is 24.3 Å². The molecule has 0 rings (SSSR count). The number of carboxylic acids is 1. The Morgan fingerprint density at radius 1 is 0.938 bits per heavy atom. The third-order valence-corrected chi connectivity index (χ3v) is 2.67. The molecule has 0 heterocycles. The van der Waals surface area contributed by atoms with Crippen molar-refractivity contribution in [3.63, 3.8) is 0 Å². The molecule has 0 saturated heterocycles. The zero-order valence-corrected chi connectivity index (χ0v) is 14.0. The molecule has 3 heteroatoms. The zero-order chi connectivity index (χ0) is 11.5. The van der Waals surface area contributed by atoms with Gasteiger partial charge in [0.1, 0.15) is 0 Å². The van der Waals surface area contributed by atoms with Crippen LogP contribution in [0.3, 0.4) is 0 Å². The number of carboxylic acid groups (broad SMARTS) is 1. The Bertz CT molecular complexity index is 158. The van der Waals surface area contributed by atoms with Crippen molar-refractivity contribution in [2.45, 2.75) is 71.6 Å². The monoisotopic (exact) mass is 278 g/mol. The molecule has 1 N–H and O–H groups in total. The minimum absolute atomic E-state index is 0. The maximum Gasteiger partial charge on any atom is 0.303 e. The summed E-state index contributed by atoms with van der Waals surface area (Å²) in [6.45, 7) is 4.54. The Balaban J connectivity index is 0. The fraction of sp³-hybridized carbons (Fsp3) is 0.923. The summed E-state index contributed by atoms with van der Waals surface area (Å²) in [4.78, 5) is 10.2. The molecule has 92 valence electrons. The quantitative estimate of drug-likeness (QED) is 0.480. The van der Waals surface area contributed by atoms with E-state index in [1.54, 1.807) is 0 Å². The van der Waals surface area contributed by atoms with Crippen molar-refractivity contribution < 1.29 is 29.4 Å². The summed E-state index contributed by atoms with van der Waals surface area (Å²) < 4.78 is 0. The molecule has 0 aliphatic carbocycles. The van der Waals surface area contributed by atoms with Gasteiger partial charge in [-0.1, -0.05) is 58.8 Å². The van der Waals surface area contributed by atoms with Crippen LogP contribution in [0.5, 0.6) is 0 Å². The van der Waals surface area contributed by atoms with Gasteiger partial charge in [-0.2, -0.15) is 0 Å². The number of hydrogen-bond donors (Lipinski definition) is 1. The second-order valence-corrected chi connectivity index (χ2v) is 4.80. The van der Waals surface area contributed by atoms with Crippen LogP contribution in [0.4, 0.5) is 0 Å². The van der Waals surface area contributed by atoms with E-state index in [2.05, 4.69) is 13.8 Å². The number of carbonyl (C=O) groups is 1. The minimum atomic E-state index is -0.660. The molecule has 0 unspecified atom stereocenters. The van der Waals surface area contributed by atoms with Crippen LogP contribution in [0.25, 0.3) is 0 Å². The van der Waals surface area contributed by atoms with Crippen molar-refractivity contribution in [3.05, 3.63) is 0 Å². The predicted molar refractivity (Wildman–Crippen MR) is 64.0 cm³/mol. The van der Waals surface area contributed by atoms with Gasteiger partial charge in [0.25, 0.3) is 0 Å². The van der Waals surface area contributed by atoms with E-state index in [1.807, 2.05) is 0 Å². The molecule has 0 aromatic rings. The molecule has 0 atom stereocenters. The van der Waals surface area contributed by atoms with Crippen molar-refractivity contribution in [1.29, 1.82) is 0 Å². The standard InChI is InChI=1S/C13H26O2.Zn/c1-12(2)10-8-6-4-3-5-7-9-11-13(14)15;/h12H,3-11H2,1-2H3,(H,14,15);. The van der Waals surface area contributed by atoms with Crippen LogP contribution in [0.1, 0.15) is 71.6 Å². The van der Waals surface area contributed by atoms with Gasteiger partial charge >= 0.3 is 5.97 Å². The van der Waals surface area contributed by atoms with Gasteiger partial charge in [-0.3, -0.25) is 4.79 Å². The van der Waals surface area contributed by atoms with Crippen molar-refractivity contribution in [1.82, 2.24) is 0 Å². The Morgan fingerprint density at radius 3 is 1.81 bits per heavy atom. The first-order chi connectivity index (χ1) is 7.13. The molecular formula is C13H26O2Zn. The third kappa shape index (κ3) is 16.5. The molecule has 0 fully saturated rings. The first kappa shape index (κ1) is 18.5. The fourth-order valence-corrected chi connectivity index (χ4v) is 1.71. The smallest absolute Gasteiger partial charge is 0.303 e. The number of hydrogen-bond acceptors (Lipinski definition) is 1. The van der Waals surface area contributed by atoms with E-state index in [1.165, 1.54) is 38.5 Å². The van der Waals surface area contributed by atoms with E-state index in [9.17, 15) is 4.79 Å². The largest absolute Gasteiger partial charge is 0.481 e. The van der Waals surface area contributed by atoms with E-state index in [0.29, 0.717) is 6.42 Å². The maximum absolute atomic E-state index is 10.2. The molecule has 0 aromatic carbocycles. The molecule has 0 aromatic heterocycles. The van der Waals surface area contributed by atoms with Gasteiger partial charge < -0.3 is 5.11 Å². The van der Waals surface area contributed by atoms with Crippen LogP contribution in [0, 0.1) is 5.92 Å². The molecule has 0 bridgehead atoms. The SMILES string of the molecule is CC(C)CCCCCCCCCC(=O)O.[Zn]. The molecule has 0 saturated carbocycles. The Morgan fingerprint density at radius 2 is 1.38 bits per heavy atom. The van der Waals surface area contributed by atoms with Gasteiger partial charge in [-0.05, 0) is 12.3 Å². The molecule has 0 aliphatic heterocycles. The summed E-state index contributed by atoms with van der Waals surface area (Å²) >= 11 is 0. The summed E-state index contributed by atoms with van der Waals surface area (Å²) in [5, 5.41) is 8.44. The summed E-state index contributed by atoms with van der Waals surface area (Å²) in [7, 11) is 0. The second-order valence-electron chi connectivity index (χ2n) is 4.80. The van der Waals surface area contributed by atoms with Crippen LogP contribution in [0.2, 0.25) is 0 Å². The van der Waals surface area contributed by atoms with Gasteiger partial charge in [0, 0.05) is 25.9 Å². The molecule has 2 nitrogen and oxygen atoms in total. The van der Waals surface area contributed by atoms with Gasteiger partial charge in [0.05, 0.1) is 0 Å². The zero-order valence-electron chi connectivity index (χ0n) is 11.0. The summed E-state index contributed by atoms with van der Waals surface area (Å²) in [6.07, 6.45) is 10.1. The minimum Gasteiger partial charge on any atom is -0.481 e. The average molecular weight is 280 g/mol. The first-order valence-corrected chi connectivity index (χ1v) is 6.34. The van der Waals surface area contributed by atoms with Crippen LogP contribution < -0.4 is 0 Å². The van der Waals surface area contributed by atoms with Crippen LogP contribution in [-0.4, -0.2) is 11.1 Å². The van der Waals surface area contributed by atoms with E-state index in [-0.39, 0.29) is 19.5 Å². The Labute approximate surface area is 113 Å². The molecule has 0 radical (unpaired) electrons. The number of unbranched alkanes of at least 4 members (excludes halogenated alkanes) is 6. The van der Waals surface area contributed by atoms with Crippen molar-refractivity contribution >= 4 is 5.97 Å². The van der Waals surface area contributed by atoms with Gasteiger partial charge in [0.2, 0.25) is 0 Å². The topological polar surface area (TPSA) is 37.3 Å². The molecule has 0 amide bonds. The van der Waals surface area contributed by atoms with Crippen molar-refractivity contribution in [2.24, 2.45) is 5.92 Å². The molecule has 0 spiro atoms. The fourth-order valence-electron chi connectivity index (χ4n) is 1.71.